The zero-order chi connectivity index (χ0) is 22.0. The van der Waals surface area contributed by atoms with Gasteiger partial charge in [-0.15, -0.1) is 0 Å². The maximum absolute atomic E-state index is 14.0. The van der Waals surface area contributed by atoms with Crippen molar-refractivity contribution in [2.45, 2.75) is 37.3 Å². The molecule has 0 spiro atoms. The summed E-state index contributed by atoms with van der Waals surface area (Å²) in [5.41, 5.74) is 12.7. The summed E-state index contributed by atoms with van der Waals surface area (Å²) in [5, 5.41) is 14.2. The van der Waals surface area contributed by atoms with Crippen LogP contribution >= 0.6 is 0 Å². The lowest BCUT2D eigenvalue weighted by atomic mass is 9.87. The number of halogens is 2. The first kappa shape index (κ1) is 20.7. The second-order valence-electron chi connectivity index (χ2n) is 7.38. The number of carbonyl (C=O) groups is 1. The number of hydrogen-bond donors (Lipinski definition) is 4. The fourth-order valence-corrected chi connectivity index (χ4v) is 3.58. The number of amides is 1. The summed E-state index contributed by atoms with van der Waals surface area (Å²) in [6.07, 6.45) is 3.74. The van der Waals surface area contributed by atoms with E-state index >= 15 is 0 Å². The fraction of sp³-hybridized carbons (Fsp3) is 0.300. The number of rotatable bonds is 6. The Morgan fingerprint density at radius 3 is 2.71 bits per heavy atom. The number of nitrogens with one attached hydrogen (secondary N) is 2. The number of nitrogens with two attached hydrogens (primary N) is 2. The SMILES string of the molecule is NC(=O)c1ccc(N[C@@H]2CCCC(F)(F)[C@@H]2N)nc1Nc1cccc(-n2nccn2)c1. The molecule has 4 rings (SSSR count). The second kappa shape index (κ2) is 8.26. The predicted octanol–water partition coefficient (Wildman–Crippen LogP) is 2.43. The smallest absolute Gasteiger partial charge is 0.264 e. The summed E-state index contributed by atoms with van der Waals surface area (Å²) in [6.45, 7) is 0. The summed E-state index contributed by atoms with van der Waals surface area (Å²) < 4.78 is 27.9. The highest BCUT2D eigenvalue weighted by Gasteiger charge is 2.44. The standard InChI is InChI=1S/C20H22F2N8O/c21-20(22)8-2-5-15(17(20)23)28-16-7-6-14(18(24)31)19(29-16)27-12-3-1-4-13(11-12)30-25-9-10-26-30/h1,3-4,6-7,9-11,15,17H,2,5,8,23H2,(H2,24,31)(H2,27,28,29)/t15-,17-/m1/s1. The minimum atomic E-state index is -2.94. The Kier molecular flexibility index (Phi) is 5.51. The molecule has 11 heteroatoms. The summed E-state index contributed by atoms with van der Waals surface area (Å²) in [5.74, 6) is -3.10. The lowest BCUT2D eigenvalue weighted by Crippen LogP contribution is -2.55. The molecular weight excluding hydrogens is 406 g/mol. The van der Waals surface area contributed by atoms with Gasteiger partial charge in [-0.3, -0.25) is 4.79 Å². The van der Waals surface area contributed by atoms with Gasteiger partial charge in [0.25, 0.3) is 11.8 Å². The molecule has 9 nitrogen and oxygen atoms in total. The van der Waals surface area contributed by atoms with Crippen LogP contribution in [0.5, 0.6) is 0 Å². The zero-order valence-electron chi connectivity index (χ0n) is 16.5. The van der Waals surface area contributed by atoms with E-state index in [0.29, 0.717) is 30.0 Å². The van der Waals surface area contributed by atoms with Crippen LogP contribution in [0.15, 0.2) is 48.8 Å². The highest BCUT2D eigenvalue weighted by molar-refractivity contribution is 5.98. The van der Waals surface area contributed by atoms with E-state index in [1.165, 1.54) is 16.9 Å². The lowest BCUT2D eigenvalue weighted by molar-refractivity contribution is -0.0554. The molecule has 31 heavy (non-hydrogen) atoms. The van der Waals surface area contributed by atoms with Crippen LogP contribution in [0.2, 0.25) is 0 Å². The van der Waals surface area contributed by atoms with Gasteiger partial charge in [0.1, 0.15) is 11.6 Å². The van der Waals surface area contributed by atoms with Crippen molar-refractivity contribution >= 4 is 23.2 Å². The van der Waals surface area contributed by atoms with Crippen LogP contribution < -0.4 is 22.1 Å². The fourth-order valence-electron chi connectivity index (χ4n) is 3.58. The number of hydrogen-bond acceptors (Lipinski definition) is 7. The molecule has 0 saturated heterocycles. The van der Waals surface area contributed by atoms with Crippen LogP contribution in [0.3, 0.4) is 0 Å². The first-order valence-corrected chi connectivity index (χ1v) is 9.78. The van der Waals surface area contributed by atoms with Gasteiger partial charge in [-0.1, -0.05) is 6.07 Å². The van der Waals surface area contributed by atoms with Crippen LogP contribution in [-0.2, 0) is 0 Å². The van der Waals surface area contributed by atoms with Crippen molar-refractivity contribution in [3.8, 4) is 5.69 Å². The molecule has 1 fully saturated rings. The van der Waals surface area contributed by atoms with E-state index in [0.717, 1.165) is 0 Å². The molecule has 2 aromatic heterocycles. The van der Waals surface area contributed by atoms with Crippen LogP contribution in [0.4, 0.5) is 26.1 Å². The number of nitrogens with zero attached hydrogens (tertiary/aromatic N) is 4. The van der Waals surface area contributed by atoms with Crippen LogP contribution in [0.25, 0.3) is 5.69 Å². The number of pyridine rings is 1. The topological polar surface area (TPSA) is 137 Å². The molecule has 1 aliphatic rings. The van der Waals surface area contributed by atoms with E-state index in [2.05, 4.69) is 25.8 Å². The Hall–Kier alpha value is -3.60. The number of carbonyl (C=O) groups excluding carboxylic acids is 1. The minimum Gasteiger partial charge on any atom is -0.365 e. The van der Waals surface area contributed by atoms with Crippen molar-refractivity contribution in [2.24, 2.45) is 11.5 Å². The number of benzene rings is 1. The van der Waals surface area contributed by atoms with Gasteiger partial charge < -0.3 is 22.1 Å². The number of anilines is 3. The molecule has 0 radical (unpaired) electrons. The van der Waals surface area contributed by atoms with Crippen molar-refractivity contribution in [2.75, 3.05) is 10.6 Å². The molecule has 162 valence electrons. The van der Waals surface area contributed by atoms with Crippen molar-refractivity contribution in [1.29, 1.82) is 0 Å². The Balaban J connectivity index is 1.60. The van der Waals surface area contributed by atoms with Crippen LogP contribution in [0.1, 0.15) is 29.6 Å². The molecule has 6 N–H and O–H groups in total. The van der Waals surface area contributed by atoms with Gasteiger partial charge >= 0.3 is 0 Å². The molecule has 2 heterocycles. The molecule has 1 saturated carbocycles. The molecule has 0 unspecified atom stereocenters. The maximum Gasteiger partial charge on any atom is 0.264 e. The summed E-state index contributed by atoms with van der Waals surface area (Å²) >= 11 is 0. The third-order valence-corrected chi connectivity index (χ3v) is 5.20. The monoisotopic (exact) mass is 428 g/mol. The highest BCUT2D eigenvalue weighted by atomic mass is 19.3. The quantitative estimate of drug-likeness (QED) is 0.473. The molecule has 3 aromatic rings. The van der Waals surface area contributed by atoms with E-state index < -0.39 is 23.9 Å². The molecular formula is C20H22F2N8O. The number of aromatic nitrogens is 4. The lowest BCUT2D eigenvalue weighted by Gasteiger charge is -2.36. The van der Waals surface area contributed by atoms with E-state index in [1.807, 2.05) is 6.07 Å². The second-order valence-corrected chi connectivity index (χ2v) is 7.38. The molecule has 2 atom stereocenters. The summed E-state index contributed by atoms with van der Waals surface area (Å²) in [4.78, 5) is 17.7. The minimum absolute atomic E-state index is 0.159. The van der Waals surface area contributed by atoms with E-state index in [4.69, 9.17) is 11.5 Å². The first-order chi connectivity index (χ1) is 14.8. The Labute approximate surface area is 176 Å². The van der Waals surface area contributed by atoms with Gasteiger partial charge in [0, 0.05) is 18.2 Å². The number of primary amides is 1. The normalized spacial score (nSPS) is 20.2. The van der Waals surface area contributed by atoms with Crippen molar-refractivity contribution < 1.29 is 13.6 Å². The van der Waals surface area contributed by atoms with Crippen molar-refractivity contribution in [3.05, 3.63) is 54.4 Å². The summed E-state index contributed by atoms with van der Waals surface area (Å²) in [6, 6.07) is 8.19. The van der Waals surface area contributed by atoms with Gasteiger partial charge in [0.05, 0.1) is 29.7 Å². The Morgan fingerprint density at radius 1 is 1.19 bits per heavy atom. The average Bonchev–Trinajstić information content (AvgIpc) is 3.27. The van der Waals surface area contributed by atoms with E-state index in [-0.39, 0.29) is 17.8 Å². The van der Waals surface area contributed by atoms with Crippen LogP contribution in [0, 0.1) is 0 Å². The third kappa shape index (κ3) is 4.45. The van der Waals surface area contributed by atoms with E-state index in [9.17, 15) is 13.6 Å². The Morgan fingerprint density at radius 2 is 1.97 bits per heavy atom. The third-order valence-electron chi connectivity index (χ3n) is 5.20. The molecule has 1 aliphatic carbocycles. The van der Waals surface area contributed by atoms with Gasteiger partial charge in [0.15, 0.2) is 0 Å². The Bertz CT molecular complexity index is 1070. The first-order valence-electron chi connectivity index (χ1n) is 9.78. The highest BCUT2D eigenvalue weighted by Crippen LogP contribution is 2.34. The van der Waals surface area contributed by atoms with E-state index in [1.54, 1.807) is 30.6 Å². The predicted molar refractivity (Wildman–Crippen MR) is 112 cm³/mol. The van der Waals surface area contributed by atoms with Crippen molar-refractivity contribution in [1.82, 2.24) is 20.0 Å². The zero-order valence-corrected chi connectivity index (χ0v) is 16.5. The van der Waals surface area contributed by atoms with Gasteiger partial charge in [-0.05, 0) is 43.2 Å². The average molecular weight is 428 g/mol. The van der Waals surface area contributed by atoms with Gasteiger partial charge in [-0.2, -0.15) is 15.0 Å². The largest absolute Gasteiger partial charge is 0.365 e. The van der Waals surface area contributed by atoms with Gasteiger partial charge in [0.2, 0.25) is 0 Å². The number of alkyl halides is 2. The maximum atomic E-state index is 14.0. The molecule has 1 aromatic carbocycles. The molecule has 1 amide bonds. The van der Waals surface area contributed by atoms with Gasteiger partial charge in [-0.25, -0.2) is 13.8 Å². The van der Waals surface area contributed by atoms with Crippen molar-refractivity contribution in [3.63, 3.8) is 0 Å². The summed E-state index contributed by atoms with van der Waals surface area (Å²) in [7, 11) is 0. The molecule has 0 aliphatic heterocycles. The van der Waals surface area contributed by atoms with Crippen LogP contribution in [-0.4, -0.2) is 43.9 Å². The molecule has 0 bridgehead atoms.